The highest BCUT2D eigenvalue weighted by molar-refractivity contribution is 7.89. The summed E-state index contributed by atoms with van der Waals surface area (Å²) in [7, 11) is -1.97. The van der Waals surface area contributed by atoms with Crippen LogP contribution in [0.2, 0.25) is 0 Å². The average Bonchev–Trinajstić information content (AvgIpc) is 2.50. The van der Waals surface area contributed by atoms with Crippen molar-refractivity contribution in [2.24, 2.45) is 5.92 Å². The van der Waals surface area contributed by atoms with Crippen molar-refractivity contribution >= 4 is 15.7 Å². The highest BCUT2D eigenvalue weighted by Crippen LogP contribution is 2.31. The molecule has 2 rings (SSSR count). The van der Waals surface area contributed by atoms with E-state index in [1.54, 1.807) is 12.1 Å². The van der Waals surface area contributed by atoms with Crippen LogP contribution in [0.25, 0.3) is 0 Å². The van der Waals surface area contributed by atoms with Gasteiger partial charge in [0.05, 0.1) is 5.69 Å². The van der Waals surface area contributed by atoms with Gasteiger partial charge in [0, 0.05) is 6.04 Å². The fraction of sp³-hybridized carbons (Fsp3) is 0.625. The Bertz CT molecular complexity index is 549. The Morgan fingerprint density at radius 3 is 2.43 bits per heavy atom. The zero-order valence-electron chi connectivity index (χ0n) is 12.9. The van der Waals surface area contributed by atoms with Crippen LogP contribution in [0.4, 0.5) is 5.69 Å². The summed E-state index contributed by atoms with van der Waals surface area (Å²) in [6, 6.07) is 7.51. The largest absolute Gasteiger partial charge is 0.381 e. The molecule has 4 nitrogen and oxygen atoms in total. The van der Waals surface area contributed by atoms with Crippen LogP contribution in [0, 0.1) is 5.92 Å². The molecule has 5 heteroatoms. The first-order valence-electron chi connectivity index (χ1n) is 7.86. The molecule has 0 saturated heterocycles. The first kappa shape index (κ1) is 16.3. The van der Waals surface area contributed by atoms with Crippen molar-refractivity contribution in [2.75, 3.05) is 12.4 Å². The molecule has 0 amide bonds. The summed E-state index contributed by atoms with van der Waals surface area (Å²) in [4.78, 5) is 0.336. The molecule has 0 aromatic heterocycles. The average molecular weight is 310 g/mol. The molecule has 0 aliphatic heterocycles. The summed E-state index contributed by atoms with van der Waals surface area (Å²) in [6.45, 7) is 2.24. The van der Waals surface area contributed by atoms with Gasteiger partial charge in [0.25, 0.3) is 0 Å². The Kier molecular flexibility index (Phi) is 5.65. The van der Waals surface area contributed by atoms with Gasteiger partial charge in [-0.25, -0.2) is 13.1 Å². The van der Waals surface area contributed by atoms with E-state index in [0.29, 0.717) is 16.6 Å². The monoisotopic (exact) mass is 310 g/mol. The lowest BCUT2D eigenvalue weighted by Gasteiger charge is -2.30. The third-order valence-electron chi connectivity index (χ3n) is 4.35. The first-order chi connectivity index (χ1) is 10.1. The van der Waals surface area contributed by atoms with Gasteiger partial charge in [-0.05, 0) is 50.8 Å². The molecular formula is C16H26N2O2S. The molecule has 1 aliphatic rings. The third kappa shape index (κ3) is 4.20. The number of hydrogen-bond donors (Lipinski definition) is 2. The van der Waals surface area contributed by atoms with Crippen LogP contribution in [0.3, 0.4) is 0 Å². The number of para-hydroxylation sites is 1. The summed E-state index contributed by atoms with van der Waals surface area (Å²) < 4.78 is 26.5. The van der Waals surface area contributed by atoms with E-state index in [4.69, 9.17) is 0 Å². The van der Waals surface area contributed by atoms with Crippen LogP contribution in [0.1, 0.15) is 45.4 Å². The minimum absolute atomic E-state index is 0.336. The molecule has 1 fully saturated rings. The zero-order valence-corrected chi connectivity index (χ0v) is 13.7. The van der Waals surface area contributed by atoms with E-state index >= 15 is 0 Å². The maximum Gasteiger partial charge on any atom is 0.242 e. The molecule has 1 aromatic carbocycles. The minimum atomic E-state index is -3.41. The number of benzene rings is 1. The van der Waals surface area contributed by atoms with E-state index in [0.717, 1.165) is 18.8 Å². The third-order valence-corrected chi connectivity index (χ3v) is 5.82. The van der Waals surface area contributed by atoms with Gasteiger partial charge in [-0.3, -0.25) is 0 Å². The molecule has 0 spiro atoms. The van der Waals surface area contributed by atoms with Crippen molar-refractivity contribution in [3.05, 3.63) is 24.3 Å². The van der Waals surface area contributed by atoms with E-state index in [-0.39, 0.29) is 0 Å². The molecule has 0 heterocycles. The predicted octanol–water partition coefficient (Wildman–Crippen LogP) is 3.37. The van der Waals surface area contributed by atoms with Gasteiger partial charge in [-0.15, -0.1) is 0 Å². The van der Waals surface area contributed by atoms with Gasteiger partial charge in [-0.1, -0.05) is 31.9 Å². The van der Waals surface area contributed by atoms with Crippen LogP contribution < -0.4 is 10.0 Å². The standard InChI is InChI=1S/C16H26N2O2S/c1-3-6-13-9-11-14(12-10-13)18-15-7-4-5-8-16(15)21(19,20)17-2/h4-5,7-8,13-14,17-18H,3,6,9-12H2,1-2H3. The molecule has 0 bridgehead atoms. The lowest BCUT2D eigenvalue weighted by molar-refractivity contribution is 0.318. The van der Waals surface area contributed by atoms with Gasteiger partial charge in [0.15, 0.2) is 0 Å². The second kappa shape index (κ2) is 7.27. The summed E-state index contributed by atoms with van der Waals surface area (Å²) in [5.41, 5.74) is 0.714. The van der Waals surface area contributed by atoms with Crippen molar-refractivity contribution < 1.29 is 8.42 Å². The first-order valence-corrected chi connectivity index (χ1v) is 9.34. The fourth-order valence-electron chi connectivity index (χ4n) is 3.15. The van der Waals surface area contributed by atoms with E-state index in [1.165, 1.54) is 32.7 Å². The summed E-state index contributed by atoms with van der Waals surface area (Å²) in [5.74, 6) is 0.851. The maximum atomic E-state index is 12.0. The van der Waals surface area contributed by atoms with Gasteiger partial charge in [-0.2, -0.15) is 0 Å². The van der Waals surface area contributed by atoms with Crippen molar-refractivity contribution in [3.63, 3.8) is 0 Å². The second-order valence-corrected chi connectivity index (χ2v) is 7.71. The Morgan fingerprint density at radius 2 is 1.81 bits per heavy atom. The molecule has 1 saturated carbocycles. The van der Waals surface area contributed by atoms with Gasteiger partial charge < -0.3 is 5.32 Å². The normalized spacial score (nSPS) is 23.0. The van der Waals surface area contributed by atoms with Gasteiger partial charge in [0.2, 0.25) is 10.0 Å². The van der Waals surface area contributed by atoms with Crippen molar-refractivity contribution in [1.82, 2.24) is 4.72 Å². The molecule has 0 unspecified atom stereocenters. The number of nitrogens with one attached hydrogen (secondary N) is 2. The van der Waals surface area contributed by atoms with E-state index in [9.17, 15) is 8.42 Å². The second-order valence-electron chi connectivity index (χ2n) is 5.85. The van der Waals surface area contributed by atoms with Crippen LogP contribution in [-0.2, 0) is 10.0 Å². The van der Waals surface area contributed by atoms with E-state index < -0.39 is 10.0 Å². The molecular weight excluding hydrogens is 284 g/mol. The lowest BCUT2D eigenvalue weighted by atomic mass is 9.83. The summed E-state index contributed by atoms with van der Waals surface area (Å²) in [6.07, 6.45) is 7.31. The van der Waals surface area contributed by atoms with Crippen molar-refractivity contribution in [3.8, 4) is 0 Å². The number of hydrogen-bond acceptors (Lipinski definition) is 3. The number of anilines is 1. The van der Waals surface area contributed by atoms with Crippen molar-refractivity contribution in [1.29, 1.82) is 0 Å². The SMILES string of the molecule is CCCC1CCC(Nc2ccccc2S(=O)(=O)NC)CC1. The molecule has 1 aromatic rings. The van der Waals surface area contributed by atoms with Gasteiger partial charge in [0.1, 0.15) is 4.90 Å². The molecule has 1 aliphatic carbocycles. The van der Waals surface area contributed by atoms with E-state index in [1.807, 2.05) is 12.1 Å². The molecule has 2 N–H and O–H groups in total. The van der Waals surface area contributed by atoms with Crippen LogP contribution in [0.5, 0.6) is 0 Å². The Morgan fingerprint density at radius 1 is 1.14 bits per heavy atom. The Hall–Kier alpha value is -1.07. The molecule has 0 radical (unpaired) electrons. The smallest absolute Gasteiger partial charge is 0.242 e. The summed E-state index contributed by atoms with van der Waals surface area (Å²) >= 11 is 0. The minimum Gasteiger partial charge on any atom is -0.381 e. The molecule has 0 atom stereocenters. The highest BCUT2D eigenvalue weighted by atomic mass is 32.2. The fourth-order valence-corrected chi connectivity index (χ4v) is 4.05. The maximum absolute atomic E-state index is 12.0. The molecule has 118 valence electrons. The summed E-state index contributed by atoms with van der Waals surface area (Å²) in [5, 5.41) is 3.43. The molecule has 21 heavy (non-hydrogen) atoms. The predicted molar refractivity (Wildman–Crippen MR) is 87.0 cm³/mol. The Labute approximate surface area is 128 Å². The topological polar surface area (TPSA) is 58.2 Å². The van der Waals surface area contributed by atoms with Crippen molar-refractivity contribution in [2.45, 2.75) is 56.4 Å². The van der Waals surface area contributed by atoms with Crippen LogP contribution in [-0.4, -0.2) is 21.5 Å². The highest BCUT2D eigenvalue weighted by Gasteiger charge is 2.23. The van der Waals surface area contributed by atoms with Crippen LogP contribution >= 0.6 is 0 Å². The Balaban J connectivity index is 2.05. The zero-order chi connectivity index (χ0) is 15.3. The number of rotatable bonds is 6. The quantitative estimate of drug-likeness (QED) is 0.847. The van der Waals surface area contributed by atoms with Gasteiger partial charge >= 0.3 is 0 Å². The lowest BCUT2D eigenvalue weighted by Crippen LogP contribution is -2.28. The van der Waals surface area contributed by atoms with E-state index in [2.05, 4.69) is 17.0 Å². The number of sulfonamides is 1. The van der Waals surface area contributed by atoms with Crippen LogP contribution in [0.15, 0.2) is 29.2 Å².